The molecule has 0 aromatic heterocycles. The van der Waals surface area contributed by atoms with Gasteiger partial charge in [-0.05, 0) is 31.0 Å². The molecule has 0 saturated carbocycles. The van der Waals surface area contributed by atoms with Crippen LogP contribution in [0.3, 0.4) is 0 Å². The molecule has 0 spiro atoms. The van der Waals surface area contributed by atoms with E-state index >= 15 is 0 Å². The lowest BCUT2D eigenvalue weighted by molar-refractivity contribution is -0.119. The molecular formula is C12H17ClN2O. The monoisotopic (exact) mass is 240 g/mol. The Hall–Kier alpha value is -1.22. The fraction of sp³-hybridized carbons (Fsp3) is 0.417. The molecule has 0 aliphatic carbocycles. The Balaban J connectivity index is 2.42. The molecule has 0 saturated heterocycles. The van der Waals surface area contributed by atoms with Crippen LogP contribution in [0.25, 0.3) is 0 Å². The zero-order valence-corrected chi connectivity index (χ0v) is 10.4. The third kappa shape index (κ3) is 4.11. The third-order valence-electron chi connectivity index (χ3n) is 2.20. The number of carbonyl (C=O) groups is 1. The second-order valence-corrected chi connectivity index (χ2v) is 4.07. The summed E-state index contributed by atoms with van der Waals surface area (Å²) in [5.74, 6) is -0.00134. The summed E-state index contributed by atoms with van der Waals surface area (Å²) < 4.78 is 0. The van der Waals surface area contributed by atoms with Crippen LogP contribution in [0, 0.1) is 6.92 Å². The molecule has 0 atom stereocenters. The van der Waals surface area contributed by atoms with Crippen LogP contribution < -0.4 is 10.6 Å². The Labute approximate surface area is 101 Å². The van der Waals surface area contributed by atoms with Gasteiger partial charge in [0.15, 0.2) is 0 Å². The maximum Gasteiger partial charge on any atom is 0.239 e. The number of anilines is 1. The van der Waals surface area contributed by atoms with Crippen molar-refractivity contribution in [2.45, 2.75) is 20.3 Å². The van der Waals surface area contributed by atoms with Gasteiger partial charge in [0.25, 0.3) is 0 Å². The molecule has 0 unspecified atom stereocenters. The van der Waals surface area contributed by atoms with E-state index in [0.29, 0.717) is 5.02 Å². The average Bonchev–Trinajstić information content (AvgIpc) is 2.28. The molecule has 3 nitrogen and oxygen atoms in total. The molecule has 2 N–H and O–H groups in total. The van der Waals surface area contributed by atoms with Crippen LogP contribution in [0.4, 0.5) is 5.69 Å². The van der Waals surface area contributed by atoms with Crippen molar-refractivity contribution >= 4 is 23.2 Å². The summed E-state index contributed by atoms with van der Waals surface area (Å²) in [5.41, 5.74) is 1.89. The van der Waals surface area contributed by atoms with E-state index in [1.54, 1.807) is 0 Å². The number of aryl methyl sites for hydroxylation is 1. The number of hydrogen-bond acceptors (Lipinski definition) is 2. The molecule has 1 amide bonds. The van der Waals surface area contributed by atoms with Gasteiger partial charge < -0.3 is 10.6 Å². The number of amides is 1. The molecule has 0 fully saturated rings. The summed E-state index contributed by atoms with van der Waals surface area (Å²) in [6.45, 7) is 4.96. The summed E-state index contributed by atoms with van der Waals surface area (Å²) >= 11 is 5.97. The number of rotatable bonds is 5. The van der Waals surface area contributed by atoms with Gasteiger partial charge in [0, 0.05) is 17.3 Å². The standard InChI is InChI=1S/C12H17ClN2O/c1-3-6-14-12(16)8-15-10-5-4-9(2)11(13)7-10/h4-5,7,15H,3,6,8H2,1-2H3,(H,14,16). The first-order valence-electron chi connectivity index (χ1n) is 5.40. The zero-order valence-electron chi connectivity index (χ0n) is 9.64. The van der Waals surface area contributed by atoms with E-state index < -0.39 is 0 Å². The lowest BCUT2D eigenvalue weighted by Gasteiger charge is -2.08. The van der Waals surface area contributed by atoms with Crippen LogP contribution in [0.15, 0.2) is 18.2 Å². The zero-order chi connectivity index (χ0) is 12.0. The number of hydrogen-bond donors (Lipinski definition) is 2. The maximum absolute atomic E-state index is 11.3. The second kappa shape index (κ2) is 6.38. The molecule has 1 aromatic carbocycles. The van der Waals surface area contributed by atoms with Gasteiger partial charge in [-0.3, -0.25) is 4.79 Å². The van der Waals surface area contributed by atoms with E-state index in [2.05, 4.69) is 10.6 Å². The lowest BCUT2D eigenvalue weighted by Crippen LogP contribution is -2.30. The van der Waals surface area contributed by atoms with Crippen LogP contribution >= 0.6 is 11.6 Å². The van der Waals surface area contributed by atoms with Crippen LogP contribution in [-0.4, -0.2) is 19.0 Å². The van der Waals surface area contributed by atoms with E-state index in [9.17, 15) is 4.79 Å². The second-order valence-electron chi connectivity index (χ2n) is 3.67. The number of nitrogens with one attached hydrogen (secondary N) is 2. The minimum atomic E-state index is -0.00134. The molecule has 1 aromatic rings. The largest absolute Gasteiger partial charge is 0.376 e. The molecular weight excluding hydrogens is 224 g/mol. The highest BCUT2D eigenvalue weighted by molar-refractivity contribution is 6.31. The molecule has 1 rings (SSSR count). The minimum Gasteiger partial charge on any atom is -0.376 e. The van der Waals surface area contributed by atoms with Crippen molar-refractivity contribution in [1.29, 1.82) is 0 Å². The van der Waals surface area contributed by atoms with E-state index in [-0.39, 0.29) is 12.5 Å². The van der Waals surface area contributed by atoms with Gasteiger partial charge in [0.2, 0.25) is 5.91 Å². The van der Waals surface area contributed by atoms with E-state index in [0.717, 1.165) is 24.2 Å². The highest BCUT2D eigenvalue weighted by Gasteiger charge is 2.01. The van der Waals surface area contributed by atoms with Crippen LogP contribution in [0.2, 0.25) is 5.02 Å². The topological polar surface area (TPSA) is 41.1 Å². The van der Waals surface area contributed by atoms with Crippen LogP contribution in [-0.2, 0) is 4.79 Å². The van der Waals surface area contributed by atoms with Gasteiger partial charge in [-0.2, -0.15) is 0 Å². The Morgan fingerprint density at radius 3 is 2.81 bits per heavy atom. The summed E-state index contributed by atoms with van der Waals surface area (Å²) in [4.78, 5) is 11.3. The average molecular weight is 241 g/mol. The number of halogens is 1. The fourth-order valence-electron chi connectivity index (χ4n) is 1.21. The number of benzene rings is 1. The smallest absolute Gasteiger partial charge is 0.239 e. The molecule has 0 bridgehead atoms. The van der Waals surface area contributed by atoms with Gasteiger partial charge >= 0.3 is 0 Å². The molecule has 16 heavy (non-hydrogen) atoms. The fourth-order valence-corrected chi connectivity index (χ4v) is 1.39. The SMILES string of the molecule is CCCNC(=O)CNc1ccc(C)c(Cl)c1. The van der Waals surface area contributed by atoms with Crippen LogP contribution in [0.1, 0.15) is 18.9 Å². The highest BCUT2D eigenvalue weighted by Crippen LogP contribution is 2.19. The maximum atomic E-state index is 11.3. The summed E-state index contributed by atoms with van der Waals surface area (Å²) in [6.07, 6.45) is 0.947. The number of carbonyl (C=O) groups excluding carboxylic acids is 1. The van der Waals surface area contributed by atoms with Crippen molar-refractivity contribution in [2.75, 3.05) is 18.4 Å². The normalized spacial score (nSPS) is 9.94. The van der Waals surface area contributed by atoms with Crippen molar-refractivity contribution in [3.05, 3.63) is 28.8 Å². The molecule has 0 heterocycles. The van der Waals surface area contributed by atoms with Crippen molar-refractivity contribution in [1.82, 2.24) is 5.32 Å². The van der Waals surface area contributed by atoms with Gasteiger partial charge in [-0.1, -0.05) is 24.6 Å². The minimum absolute atomic E-state index is 0.00134. The molecule has 0 aliphatic rings. The Bertz CT molecular complexity index is 366. The Morgan fingerprint density at radius 1 is 1.44 bits per heavy atom. The van der Waals surface area contributed by atoms with Gasteiger partial charge in [0.05, 0.1) is 6.54 Å². The molecule has 0 aliphatic heterocycles. The quantitative estimate of drug-likeness (QED) is 0.831. The predicted octanol–water partition coefficient (Wildman–Crippen LogP) is 2.59. The molecule has 0 radical (unpaired) electrons. The first kappa shape index (κ1) is 12.8. The van der Waals surface area contributed by atoms with Gasteiger partial charge in [-0.15, -0.1) is 0 Å². The van der Waals surface area contributed by atoms with Crippen molar-refractivity contribution < 1.29 is 4.79 Å². The van der Waals surface area contributed by atoms with Gasteiger partial charge in [0.1, 0.15) is 0 Å². The first-order valence-corrected chi connectivity index (χ1v) is 5.78. The van der Waals surface area contributed by atoms with Gasteiger partial charge in [-0.25, -0.2) is 0 Å². The third-order valence-corrected chi connectivity index (χ3v) is 2.60. The van der Waals surface area contributed by atoms with Crippen molar-refractivity contribution in [2.24, 2.45) is 0 Å². The first-order chi connectivity index (χ1) is 7.63. The lowest BCUT2D eigenvalue weighted by atomic mass is 10.2. The van der Waals surface area contributed by atoms with E-state index in [4.69, 9.17) is 11.6 Å². The predicted molar refractivity (Wildman–Crippen MR) is 68.0 cm³/mol. The Kier molecular flexibility index (Phi) is 5.12. The summed E-state index contributed by atoms with van der Waals surface area (Å²) in [7, 11) is 0. The Morgan fingerprint density at radius 2 is 2.19 bits per heavy atom. The highest BCUT2D eigenvalue weighted by atomic mass is 35.5. The molecule has 4 heteroatoms. The molecule has 88 valence electrons. The van der Waals surface area contributed by atoms with Crippen molar-refractivity contribution in [3.8, 4) is 0 Å². The van der Waals surface area contributed by atoms with E-state index in [1.807, 2.05) is 32.0 Å². The summed E-state index contributed by atoms with van der Waals surface area (Å²) in [6, 6.07) is 5.66. The van der Waals surface area contributed by atoms with Crippen LogP contribution in [0.5, 0.6) is 0 Å². The van der Waals surface area contributed by atoms with E-state index in [1.165, 1.54) is 0 Å². The van der Waals surface area contributed by atoms with Crippen molar-refractivity contribution in [3.63, 3.8) is 0 Å². The summed E-state index contributed by atoms with van der Waals surface area (Å²) in [5, 5.41) is 6.53.